The summed E-state index contributed by atoms with van der Waals surface area (Å²) in [5, 5.41) is 9.69. The van der Waals surface area contributed by atoms with Gasteiger partial charge in [0, 0.05) is 11.6 Å². The first kappa shape index (κ1) is 9.03. The lowest BCUT2D eigenvalue weighted by Gasteiger charge is -2.09. The quantitative estimate of drug-likeness (QED) is 0.717. The van der Waals surface area contributed by atoms with Crippen molar-refractivity contribution in [1.29, 1.82) is 0 Å². The van der Waals surface area contributed by atoms with E-state index in [0.29, 0.717) is 5.75 Å². The van der Waals surface area contributed by atoms with Gasteiger partial charge >= 0.3 is 7.69 Å². The average molecular weight is 187 g/mol. The largest absolute Gasteiger partial charge is 0.538 e. The van der Waals surface area contributed by atoms with Crippen LogP contribution < -0.4 is 4.65 Å². The summed E-state index contributed by atoms with van der Waals surface area (Å²) < 4.78 is 5.17. The Kier molecular flexibility index (Phi) is 2.37. The van der Waals surface area contributed by atoms with Crippen molar-refractivity contribution in [1.82, 2.24) is 4.98 Å². The first-order chi connectivity index (χ1) is 6.83. The van der Waals surface area contributed by atoms with Gasteiger partial charge in [0.15, 0.2) is 0 Å². The first-order valence-corrected chi connectivity index (χ1v) is 4.41. The molecule has 0 amide bonds. The minimum Gasteiger partial charge on any atom is -0.538 e. The number of aryl methyl sites for hydroxylation is 1. The summed E-state index contributed by atoms with van der Waals surface area (Å²) in [5.41, 5.74) is 1.88. The van der Waals surface area contributed by atoms with E-state index >= 15 is 0 Å². The van der Waals surface area contributed by atoms with E-state index in [0.717, 1.165) is 16.5 Å². The van der Waals surface area contributed by atoms with Gasteiger partial charge in [-0.2, -0.15) is 0 Å². The second-order valence-corrected chi connectivity index (χ2v) is 3.06. The predicted octanol–water partition coefficient (Wildman–Crippen LogP) is 1.18. The highest BCUT2D eigenvalue weighted by Gasteiger charge is 2.05. The number of hydrogen-bond donors (Lipinski definition) is 1. The average Bonchev–Trinajstić information content (AvgIpc) is 2.23. The molecule has 2 aromatic rings. The van der Waals surface area contributed by atoms with Crippen molar-refractivity contribution in [2.45, 2.75) is 6.92 Å². The predicted molar refractivity (Wildman–Crippen MR) is 56.5 cm³/mol. The van der Waals surface area contributed by atoms with Gasteiger partial charge in [0.2, 0.25) is 0 Å². The summed E-state index contributed by atoms with van der Waals surface area (Å²) in [5.74, 6) is 0.707. The van der Waals surface area contributed by atoms with Crippen LogP contribution in [0.3, 0.4) is 0 Å². The highest BCUT2D eigenvalue weighted by atomic mass is 16.5. The van der Waals surface area contributed by atoms with Gasteiger partial charge in [-0.15, -0.1) is 0 Å². The van der Waals surface area contributed by atoms with Crippen molar-refractivity contribution in [3.8, 4) is 5.75 Å². The Hall–Kier alpha value is -1.55. The molecule has 1 aromatic heterocycles. The Balaban J connectivity index is 2.69. The van der Waals surface area contributed by atoms with Crippen LogP contribution in [0.5, 0.6) is 5.75 Å². The highest BCUT2D eigenvalue weighted by molar-refractivity contribution is 6.18. The number of pyridine rings is 1. The number of rotatable bonds is 2. The van der Waals surface area contributed by atoms with Crippen LogP contribution in [0.15, 0.2) is 30.5 Å². The van der Waals surface area contributed by atoms with Gasteiger partial charge in [0.25, 0.3) is 0 Å². The molecule has 1 N–H and O–H groups in total. The Morgan fingerprint density at radius 1 is 1.36 bits per heavy atom. The van der Waals surface area contributed by atoms with Crippen molar-refractivity contribution in [3.05, 3.63) is 36.0 Å². The van der Waals surface area contributed by atoms with Gasteiger partial charge < -0.3 is 9.68 Å². The number of hydrogen-bond acceptors (Lipinski definition) is 3. The van der Waals surface area contributed by atoms with Crippen molar-refractivity contribution in [2.24, 2.45) is 0 Å². The van der Waals surface area contributed by atoms with Gasteiger partial charge in [-0.25, -0.2) is 0 Å². The van der Waals surface area contributed by atoms with E-state index in [-0.39, 0.29) is 7.69 Å². The summed E-state index contributed by atoms with van der Waals surface area (Å²) in [6, 6.07) is 7.65. The fraction of sp³-hybridized carbons (Fsp3) is 0.100. The lowest BCUT2D eigenvalue weighted by Crippen LogP contribution is -2.02. The molecule has 0 saturated carbocycles. The van der Waals surface area contributed by atoms with E-state index < -0.39 is 0 Å². The topological polar surface area (TPSA) is 42.4 Å². The van der Waals surface area contributed by atoms with Crippen LogP contribution in [0.25, 0.3) is 10.9 Å². The third-order valence-electron chi connectivity index (χ3n) is 2.14. The lowest BCUT2D eigenvalue weighted by molar-refractivity contribution is 0.455. The molecule has 0 aliphatic rings. The van der Waals surface area contributed by atoms with E-state index in [2.05, 4.69) is 4.98 Å². The van der Waals surface area contributed by atoms with Crippen LogP contribution >= 0.6 is 0 Å². The van der Waals surface area contributed by atoms with Gasteiger partial charge in [-0.3, -0.25) is 4.98 Å². The van der Waals surface area contributed by atoms with Crippen LogP contribution in [0.4, 0.5) is 0 Å². The molecule has 14 heavy (non-hydrogen) atoms. The molecular formula is C10H10BNO2. The third kappa shape index (κ3) is 1.44. The monoisotopic (exact) mass is 187 g/mol. The molecule has 4 heteroatoms. The van der Waals surface area contributed by atoms with Crippen LogP contribution in [0.1, 0.15) is 5.56 Å². The summed E-state index contributed by atoms with van der Waals surface area (Å²) in [6.45, 7) is 1.94. The standard InChI is InChI=1S/C10H10BNO2/c1-7-4-5-9-8(3-2-6-12-9)10(7)14-11-13/h2-6,11,13H,1H3. The smallest absolute Gasteiger partial charge is 0.504 e. The van der Waals surface area contributed by atoms with E-state index in [1.807, 2.05) is 31.2 Å². The molecule has 1 aromatic carbocycles. The first-order valence-electron chi connectivity index (χ1n) is 4.41. The Morgan fingerprint density at radius 2 is 2.21 bits per heavy atom. The Labute approximate surface area is 82.7 Å². The molecule has 1 heterocycles. The molecule has 0 unspecified atom stereocenters. The third-order valence-corrected chi connectivity index (χ3v) is 2.14. The zero-order valence-electron chi connectivity index (χ0n) is 7.90. The Morgan fingerprint density at radius 3 is 3.00 bits per heavy atom. The second kappa shape index (κ2) is 3.68. The maximum absolute atomic E-state index is 8.76. The zero-order chi connectivity index (χ0) is 9.97. The molecular weight excluding hydrogens is 177 g/mol. The Bertz CT molecular complexity index is 459. The number of fused-ring (bicyclic) bond motifs is 1. The fourth-order valence-corrected chi connectivity index (χ4v) is 1.49. The minimum absolute atomic E-state index is 0.311. The maximum atomic E-state index is 8.76. The van der Waals surface area contributed by atoms with Crippen molar-refractivity contribution in [3.63, 3.8) is 0 Å². The van der Waals surface area contributed by atoms with Crippen LogP contribution in [0.2, 0.25) is 0 Å². The normalized spacial score (nSPS) is 10.1. The van der Waals surface area contributed by atoms with Crippen LogP contribution in [-0.4, -0.2) is 17.7 Å². The second-order valence-electron chi connectivity index (χ2n) is 3.06. The van der Waals surface area contributed by atoms with Crippen molar-refractivity contribution in [2.75, 3.05) is 0 Å². The van der Waals surface area contributed by atoms with Crippen molar-refractivity contribution >= 4 is 18.6 Å². The van der Waals surface area contributed by atoms with Gasteiger partial charge in [-0.05, 0) is 30.7 Å². The molecule has 0 fully saturated rings. The molecule has 0 radical (unpaired) electrons. The SMILES string of the molecule is Cc1ccc2ncccc2c1OBO. The van der Waals surface area contributed by atoms with E-state index in [4.69, 9.17) is 9.68 Å². The number of benzene rings is 1. The lowest BCUT2D eigenvalue weighted by atomic mass is 10.1. The molecule has 0 bridgehead atoms. The summed E-state index contributed by atoms with van der Waals surface area (Å²) in [4.78, 5) is 4.20. The van der Waals surface area contributed by atoms with Gasteiger partial charge in [0.1, 0.15) is 5.75 Å². The van der Waals surface area contributed by atoms with Crippen LogP contribution in [0, 0.1) is 6.92 Å². The molecule has 0 aliphatic carbocycles. The van der Waals surface area contributed by atoms with E-state index in [1.54, 1.807) is 6.20 Å². The molecule has 70 valence electrons. The molecule has 0 saturated heterocycles. The minimum atomic E-state index is -0.311. The molecule has 3 nitrogen and oxygen atoms in total. The molecule has 0 aliphatic heterocycles. The van der Waals surface area contributed by atoms with Crippen LogP contribution in [-0.2, 0) is 0 Å². The summed E-state index contributed by atoms with van der Waals surface area (Å²) >= 11 is 0. The number of aromatic nitrogens is 1. The van der Waals surface area contributed by atoms with Gasteiger partial charge in [-0.1, -0.05) is 6.07 Å². The van der Waals surface area contributed by atoms with E-state index in [1.165, 1.54) is 0 Å². The highest BCUT2D eigenvalue weighted by Crippen LogP contribution is 2.27. The molecule has 0 atom stereocenters. The molecule has 0 spiro atoms. The molecule has 2 rings (SSSR count). The van der Waals surface area contributed by atoms with Crippen molar-refractivity contribution < 1.29 is 9.68 Å². The maximum Gasteiger partial charge on any atom is 0.504 e. The summed E-state index contributed by atoms with van der Waals surface area (Å²) in [6.07, 6.45) is 1.74. The fourth-order valence-electron chi connectivity index (χ4n) is 1.49. The summed E-state index contributed by atoms with van der Waals surface area (Å²) in [7, 11) is -0.311. The zero-order valence-corrected chi connectivity index (χ0v) is 7.90. The number of nitrogens with zero attached hydrogens (tertiary/aromatic N) is 1. The van der Waals surface area contributed by atoms with E-state index in [9.17, 15) is 0 Å². The van der Waals surface area contributed by atoms with Gasteiger partial charge in [0.05, 0.1) is 5.52 Å².